The summed E-state index contributed by atoms with van der Waals surface area (Å²) in [6, 6.07) is 63.2. The van der Waals surface area contributed by atoms with Gasteiger partial charge in [0, 0.05) is 5.41 Å². The summed E-state index contributed by atoms with van der Waals surface area (Å²) in [5.41, 5.74) is 13.0. The second kappa shape index (κ2) is 10.5. The monoisotopic (exact) mass is 622 g/mol. The fourth-order valence-electron chi connectivity index (χ4n) is 8.45. The van der Waals surface area contributed by atoms with E-state index < -0.39 is 0 Å². The van der Waals surface area contributed by atoms with Gasteiger partial charge in [-0.25, -0.2) is 0 Å². The van der Waals surface area contributed by atoms with E-state index in [-0.39, 0.29) is 5.41 Å². The molecule has 0 atom stereocenters. The summed E-state index contributed by atoms with van der Waals surface area (Å²) in [6.07, 6.45) is 0. The Labute approximate surface area is 286 Å². The zero-order chi connectivity index (χ0) is 32.7. The molecule has 0 bridgehead atoms. The lowest BCUT2D eigenvalue weighted by Gasteiger charge is -2.22. The molecule has 0 unspecified atom stereocenters. The summed E-state index contributed by atoms with van der Waals surface area (Å²) >= 11 is 0. The quantitative estimate of drug-likeness (QED) is 0.172. The molecule has 0 heteroatoms. The maximum absolute atomic E-state index is 2.41. The minimum absolute atomic E-state index is 0.00830. The highest BCUT2D eigenvalue weighted by Crippen LogP contribution is 2.49. The van der Waals surface area contributed by atoms with Crippen molar-refractivity contribution in [2.45, 2.75) is 19.3 Å². The molecule has 9 aromatic rings. The third kappa shape index (κ3) is 4.31. The minimum Gasteiger partial charge on any atom is -0.0619 e. The van der Waals surface area contributed by atoms with E-state index in [1.54, 1.807) is 0 Å². The molecule has 0 spiro atoms. The smallest absolute Gasteiger partial charge is 0.0159 e. The Kier molecular flexibility index (Phi) is 6.02. The first-order chi connectivity index (χ1) is 24.0. The zero-order valence-electron chi connectivity index (χ0n) is 27.7. The molecule has 49 heavy (non-hydrogen) atoms. The van der Waals surface area contributed by atoms with Gasteiger partial charge in [-0.15, -0.1) is 0 Å². The van der Waals surface area contributed by atoms with Crippen molar-refractivity contribution in [3.8, 4) is 44.5 Å². The largest absolute Gasteiger partial charge is 0.0619 e. The van der Waals surface area contributed by atoms with E-state index in [2.05, 4.69) is 184 Å². The molecule has 0 amide bonds. The molecule has 0 N–H and O–H groups in total. The number of hydrogen-bond acceptors (Lipinski definition) is 0. The molecule has 0 aromatic heterocycles. The predicted octanol–water partition coefficient (Wildman–Crippen LogP) is 13.6. The van der Waals surface area contributed by atoms with Gasteiger partial charge in [0.1, 0.15) is 0 Å². The first-order valence-electron chi connectivity index (χ1n) is 17.3. The van der Waals surface area contributed by atoms with Crippen molar-refractivity contribution in [2.24, 2.45) is 0 Å². The van der Waals surface area contributed by atoms with Crippen LogP contribution < -0.4 is 0 Å². The van der Waals surface area contributed by atoms with Crippen LogP contribution in [0.15, 0.2) is 170 Å². The topological polar surface area (TPSA) is 0 Å². The summed E-state index contributed by atoms with van der Waals surface area (Å²) in [6.45, 7) is 4.70. The maximum Gasteiger partial charge on any atom is 0.0159 e. The Hall–Kier alpha value is -5.98. The second-order valence-electron chi connectivity index (χ2n) is 14.1. The lowest BCUT2D eigenvalue weighted by molar-refractivity contribution is 0.660. The zero-order valence-corrected chi connectivity index (χ0v) is 27.7. The van der Waals surface area contributed by atoms with Crippen molar-refractivity contribution in [1.29, 1.82) is 0 Å². The average Bonchev–Trinajstić information content (AvgIpc) is 3.39. The summed E-state index contributed by atoms with van der Waals surface area (Å²) in [7, 11) is 0. The van der Waals surface area contributed by atoms with Crippen LogP contribution in [0.4, 0.5) is 0 Å². The van der Waals surface area contributed by atoms with E-state index >= 15 is 0 Å². The van der Waals surface area contributed by atoms with Crippen LogP contribution >= 0.6 is 0 Å². The van der Waals surface area contributed by atoms with Crippen LogP contribution in [0, 0.1) is 0 Å². The normalized spacial score (nSPS) is 13.3. The average molecular weight is 623 g/mol. The van der Waals surface area contributed by atoms with Gasteiger partial charge in [-0.3, -0.25) is 0 Å². The Bertz CT molecular complexity index is 2780. The van der Waals surface area contributed by atoms with Gasteiger partial charge in [-0.05, 0) is 123 Å². The van der Waals surface area contributed by atoms with Gasteiger partial charge in [0.25, 0.3) is 0 Å². The molecule has 0 radical (unpaired) electrons. The molecule has 0 aliphatic heterocycles. The first-order valence-corrected chi connectivity index (χ1v) is 17.3. The van der Waals surface area contributed by atoms with Crippen LogP contribution in [0.2, 0.25) is 0 Å². The molecule has 0 nitrogen and oxygen atoms in total. The Balaban J connectivity index is 1.02. The molecule has 230 valence electrons. The Morgan fingerprint density at radius 2 is 0.857 bits per heavy atom. The SMILES string of the molecule is CC1(C)c2ccccc2-c2ccc(-c3ccc4ccc(-c5ccc(-c6cc7ccc8ccccc8c7c7ccccc67)cc5)cc4c3)cc21. The fraction of sp³-hybridized carbons (Fsp3) is 0.0612. The maximum atomic E-state index is 2.41. The lowest BCUT2D eigenvalue weighted by atomic mass is 9.81. The third-order valence-electron chi connectivity index (χ3n) is 11.0. The van der Waals surface area contributed by atoms with Gasteiger partial charge in [0.2, 0.25) is 0 Å². The van der Waals surface area contributed by atoms with Crippen LogP contribution in [-0.2, 0) is 5.41 Å². The molecule has 0 fully saturated rings. The van der Waals surface area contributed by atoms with Crippen molar-refractivity contribution in [2.75, 3.05) is 0 Å². The van der Waals surface area contributed by atoms with Gasteiger partial charge in [-0.1, -0.05) is 159 Å². The van der Waals surface area contributed by atoms with E-state index in [1.165, 1.54) is 98.7 Å². The molecule has 1 aliphatic carbocycles. The highest BCUT2D eigenvalue weighted by atomic mass is 14.4. The molecule has 0 saturated carbocycles. The molecule has 9 aromatic carbocycles. The van der Waals surface area contributed by atoms with Crippen LogP contribution in [0.3, 0.4) is 0 Å². The van der Waals surface area contributed by atoms with Crippen molar-refractivity contribution in [1.82, 2.24) is 0 Å². The highest BCUT2D eigenvalue weighted by Gasteiger charge is 2.35. The number of rotatable bonds is 3. The number of benzene rings is 9. The Morgan fingerprint density at radius 3 is 1.67 bits per heavy atom. The summed E-state index contributed by atoms with van der Waals surface area (Å²) < 4.78 is 0. The van der Waals surface area contributed by atoms with Crippen LogP contribution in [0.25, 0.3) is 87.6 Å². The van der Waals surface area contributed by atoms with Crippen LogP contribution in [-0.4, -0.2) is 0 Å². The predicted molar refractivity (Wildman–Crippen MR) is 210 cm³/mol. The van der Waals surface area contributed by atoms with Crippen molar-refractivity contribution in [3.63, 3.8) is 0 Å². The van der Waals surface area contributed by atoms with Crippen molar-refractivity contribution < 1.29 is 0 Å². The second-order valence-corrected chi connectivity index (χ2v) is 14.1. The van der Waals surface area contributed by atoms with Gasteiger partial charge in [0.05, 0.1) is 0 Å². The molecule has 10 rings (SSSR count). The molecular weight excluding hydrogens is 589 g/mol. The van der Waals surface area contributed by atoms with E-state index in [1.807, 2.05) is 0 Å². The third-order valence-corrected chi connectivity index (χ3v) is 11.0. The van der Waals surface area contributed by atoms with Gasteiger partial charge in [0.15, 0.2) is 0 Å². The van der Waals surface area contributed by atoms with E-state index in [4.69, 9.17) is 0 Å². The standard InChI is InChI=1S/C49H34/c1-49(2)46-14-8-7-12-42(46)43-26-25-37(30-47(43)49)36-23-18-32-17-22-35(27-39(32)28-36)31-15-19-34(20-16-31)45-29-38-24-21-33-9-3-4-10-40(33)48(38)44-13-6-5-11-41(44)45/h3-30H,1-2H3. The van der Waals surface area contributed by atoms with Crippen LogP contribution in [0.1, 0.15) is 25.0 Å². The van der Waals surface area contributed by atoms with Crippen molar-refractivity contribution in [3.05, 3.63) is 181 Å². The molecule has 1 aliphatic rings. The highest BCUT2D eigenvalue weighted by molar-refractivity contribution is 6.23. The Morgan fingerprint density at radius 1 is 0.306 bits per heavy atom. The van der Waals surface area contributed by atoms with Gasteiger partial charge in [-0.2, -0.15) is 0 Å². The summed E-state index contributed by atoms with van der Waals surface area (Å²) in [4.78, 5) is 0. The minimum atomic E-state index is -0.00830. The van der Waals surface area contributed by atoms with E-state index in [9.17, 15) is 0 Å². The molecular formula is C49H34. The number of hydrogen-bond donors (Lipinski definition) is 0. The summed E-state index contributed by atoms with van der Waals surface area (Å²) in [5, 5.41) is 10.3. The molecule has 0 heterocycles. The van der Waals surface area contributed by atoms with Crippen LogP contribution in [0.5, 0.6) is 0 Å². The first kappa shape index (κ1) is 28.1. The van der Waals surface area contributed by atoms with Crippen molar-refractivity contribution >= 4 is 43.1 Å². The van der Waals surface area contributed by atoms with Gasteiger partial charge >= 0.3 is 0 Å². The fourth-order valence-corrected chi connectivity index (χ4v) is 8.45. The van der Waals surface area contributed by atoms with E-state index in [0.29, 0.717) is 0 Å². The molecule has 0 saturated heterocycles. The lowest BCUT2D eigenvalue weighted by Crippen LogP contribution is -2.14. The number of fused-ring (bicyclic) bond motifs is 9. The summed E-state index contributed by atoms with van der Waals surface area (Å²) in [5.74, 6) is 0. The van der Waals surface area contributed by atoms with Gasteiger partial charge < -0.3 is 0 Å². The van der Waals surface area contributed by atoms with E-state index in [0.717, 1.165) is 0 Å².